The van der Waals surface area contributed by atoms with E-state index in [1.807, 2.05) is 12.1 Å². The Bertz CT molecular complexity index is 502. The molecule has 0 atom stereocenters. The van der Waals surface area contributed by atoms with Crippen LogP contribution in [0.4, 0.5) is 0 Å². The molecule has 2 N–H and O–H groups in total. The number of nitrogens with two attached hydrogens (primary N) is 1. The van der Waals surface area contributed by atoms with Crippen molar-refractivity contribution in [3.63, 3.8) is 0 Å². The minimum absolute atomic E-state index is 0.634. The van der Waals surface area contributed by atoms with Crippen LogP contribution in [-0.4, -0.2) is 23.0 Å². The van der Waals surface area contributed by atoms with Gasteiger partial charge in [0.05, 0.1) is 5.02 Å². The SMILES string of the molecule is NCCN(Cc1ccccc1)Cc1ccncc1Cl. The number of rotatable bonds is 6. The first-order valence-corrected chi connectivity index (χ1v) is 6.72. The van der Waals surface area contributed by atoms with Crippen molar-refractivity contribution >= 4 is 11.6 Å². The van der Waals surface area contributed by atoms with E-state index in [9.17, 15) is 0 Å². The van der Waals surface area contributed by atoms with Crippen LogP contribution < -0.4 is 5.73 Å². The van der Waals surface area contributed by atoms with E-state index in [0.29, 0.717) is 11.6 Å². The molecule has 2 rings (SSSR count). The minimum atomic E-state index is 0.634. The summed E-state index contributed by atoms with van der Waals surface area (Å²) in [4.78, 5) is 6.30. The second-order valence-corrected chi connectivity index (χ2v) is 4.86. The van der Waals surface area contributed by atoms with Gasteiger partial charge in [0.2, 0.25) is 0 Å². The summed E-state index contributed by atoms with van der Waals surface area (Å²) in [5, 5.41) is 0.706. The summed E-state index contributed by atoms with van der Waals surface area (Å²) in [7, 11) is 0. The number of benzene rings is 1. The number of hydrogen-bond donors (Lipinski definition) is 1. The second kappa shape index (κ2) is 7.24. The van der Waals surface area contributed by atoms with Gasteiger partial charge in [0.1, 0.15) is 0 Å². The summed E-state index contributed by atoms with van der Waals surface area (Å²) in [6.07, 6.45) is 3.45. The molecule has 0 amide bonds. The van der Waals surface area contributed by atoms with Crippen LogP contribution in [0.1, 0.15) is 11.1 Å². The monoisotopic (exact) mass is 275 g/mol. The van der Waals surface area contributed by atoms with Gasteiger partial charge in [-0.05, 0) is 17.2 Å². The Kier molecular flexibility index (Phi) is 5.33. The Labute approximate surface area is 119 Å². The first kappa shape index (κ1) is 14.0. The molecule has 0 radical (unpaired) electrons. The van der Waals surface area contributed by atoms with E-state index in [2.05, 4.69) is 34.1 Å². The topological polar surface area (TPSA) is 42.1 Å². The van der Waals surface area contributed by atoms with Crippen molar-refractivity contribution < 1.29 is 0 Å². The lowest BCUT2D eigenvalue weighted by Gasteiger charge is -2.22. The van der Waals surface area contributed by atoms with E-state index in [-0.39, 0.29) is 0 Å². The molecule has 0 fully saturated rings. The number of nitrogens with zero attached hydrogens (tertiary/aromatic N) is 2. The normalized spacial score (nSPS) is 10.9. The lowest BCUT2D eigenvalue weighted by atomic mass is 10.2. The highest BCUT2D eigenvalue weighted by molar-refractivity contribution is 6.31. The predicted octanol–water partition coefficient (Wildman–Crippen LogP) is 2.70. The molecule has 0 aliphatic carbocycles. The molecule has 0 aliphatic heterocycles. The smallest absolute Gasteiger partial charge is 0.0634 e. The van der Waals surface area contributed by atoms with E-state index in [1.54, 1.807) is 12.4 Å². The molecule has 1 aromatic heterocycles. The van der Waals surface area contributed by atoms with E-state index < -0.39 is 0 Å². The van der Waals surface area contributed by atoms with Crippen molar-refractivity contribution in [1.29, 1.82) is 0 Å². The molecular weight excluding hydrogens is 258 g/mol. The van der Waals surface area contributed by atoms with Crippen LogP contribution in [0.15, 0.2) is 48.8 Å². The molecule has 0 aliphatic rings. The molecule has 0 saturated carbocycles. The third kappa shape index (κ3) is 4.31. The minimum Gasteiger partial charge on any atom is -0.329 e. The highest BCUT2D eigenvalue weighted by Crippen LogP contribution is 2.16. The zero-order chi connectivity index (χ0) is 13.5. The van der Waals surface area contributed by atoms with Gasteiger partial charge in [-0.15, -0.1) is 0 Å². The second-order valence-electron chi connectivity index (χ2n) is 4.45. The lowest BCUT2D eigenvalue weighted by Crippen LogP contribution is -2.28. The third-order valence-corrected chi connectivity index (χ3v) is 3.29. The third-order valence-electron chi connectivity index (χ3n) is 2.94. The fourth-order valence-corrected chi connectivity index (χ4v) is 2.19. The number of hydrogen-bond acceptors (Lipinski definition) is 3. The van der Waals surface area contributed by atoms with Gasteiger partial charge < -0.3 is 5.73 Å². The molecule has 1 heterocycles. The van der Waals surface area contributed by atoms with Crippen molar-refractivity contribution in [3.05, 3.63) is 64.9 Å². The van der Waals surface area contributed by atoms with Gasteiger partial charge in [0, 0.05) is 38.6 Å². The van der Waals surface area contributed by atoms with Gasteiger partial charge in [-0.3, -0.25) is 9.88 Å². The van der Waals surface area contributed by atoms with Crippen LogP contribution in [0.25, 0.3) is 0 Å². The average molecular weight is 276 g/mol. The zero-order valence-electron chi connectivity index (χ0n) is 10.8. The van der Waals surface area contributed by atoms with Crippen LogP contribution >= 0.6 is 11.6 Å². The summed E-state index contributed by atoms with van der Waals surface area (Å²) in [5.74, 6) is 0. The van der Waals surface area contributed by atoms with E-state index in [1.165, 1.54) is 5.56 Å². The Hall–Kier alpha value is -1.42. The molecule has 0 saturated heterocycles. The Morgan fingerprint density at radius 2 is 1.89 bits per heavy atom. The molecule has 1 aromatic carbocycles. The average Bonchev–Trinajstić information content (AvgIpc) is 2.43. The molecule has 100 valence electrons. The van der Waals surface area contributed by atoms with Crippen LogP contribution in [-0.2, 0) is 13.1 Å². The van der Waals surface area contributed by atoms with Crippen LogP contribution in [0.2, 0.25) is 5.02 Å². The van der Waals surface area contributed by atoms with E-state index in [0.717, 1.165) is 25.2 Å². The maximum Gasteiger partial charge on any atom is 0.0634 e. The van der Waals surface area contributed by atoms with Crippen molar-refractivity contribution in [1.82, 2.24) is 9.88 Å². The first-order chi connectivity index (χ1) is 9.29. The van der Waals surface area contributed by atoms with Crippen LogP contribution in [0, 0.1) is 0 Å². The lowest BCUT2D eigenvalue weighted by molar-refractivity contribution is 0.264. The summed E-state index contributed by atoms with van der Waals surface area (Å²) in [6.45, 7) is 3.13. The predicted molar refractivity (Wildman–Crippen MR) is 78.9 cm³/mol. The Balaban J connectivity index is 2.06. The van der Waals surface area contributed by atoms with Gasteiger partial charge >= 0.3 is 0 Å². The fraction of sp³-hybridized carbons (Fsp3) is 0.267. The molecule has 0 unspecified atom stereocenters. The maximum atomic E-state index is 6.15. The quantitative estimate of drug-likeness (QED) is 0.881. The highest BCUT2D eigenvalue weighted by Gasteiger charge is 2.08. The molecular formula is C15H18ClN3. The molecule has 0 spiro atoms. The zero-order valence-corrected chi connectivity index (χ0v) is 11.6. The highest BCUT2D eigenvalue weighted by atomic mass is 35.5. The molecule has 3 nitrogen and oxygen atoms in total. The van der Waals surface area contributed by atoms with Gasteiger partial charge in [-0.1, -0.05) is 41.9 Å². The molecule has 4 heteroatoms. The van der Waals surface area contributed by atoms with Crippen LogP contribution in [0.3, 0.4) is 0 Å². The van der Waals surface area contributed by atoms with Crippen molar-refractivity contribution in [2.24, 2.45) is 5.73 Å². The van der Waals surface area contributed by atoms with Crippen molar-refractivity contribution in [2.75, 3.05) is 13.1 Å². The first-order valence-electron chi connectivity index (χ1n) is 6.34. The number of halogens is 1. The maximum absolute atomic E-state index is 6.15. The Morgan fingerprint density at radius 1 is 1.11 bits per heavy atom. The summed E-state index contributed by atoms with van der Waals surface area (Å²) in [6, 6.07) is 12.3. The van der Waals surface area contributed by atoms with Gasteiger partial charge in [-0.2, -0.15) is 0 Å². The van der Waals surface area contributed by atoms with Crippen molar-refractivity contribution in [3.8, 4) is 0 Å². The molecule has 0 bridgehead atoms. The Morgan fingerprint density at radius 3 is 2.58 bits per heavy atom. The summed E-state index contributed by atoms with van der Waals surface area (Å²) in [5.41, 5.74) is 8.05. The van der Waals surface area contributed by atoms with E-state index >= 15 is 0 Å². The van der Waals surface area contributed by atoms with Gasteiger partial charge in [-0.25, -0.2) is 0 Å². The van der Waals surface area contributed by atoms with E-state index in [4.69, 9.17) is 17.3 Å². The van der Waals surface area contributed by atoms with Crippen molar-refractivity contribution in [2.45, 2.75) is 13.1 Å². The fourth-order valence-electron chi connectivity index (χ4n) is 2.01. The van der Waals surface area contributed by atoms with Gasteiger partial charge in [0.25, 0.3) is 0 Å². The summed E-state index contributed by atoms with van der Waals surface area (Å²) >= 11 is 6.15. The number of pyridine rings is 1. The van der Waals surface area contributed by atoms with Gasteiger partial charge in [0.15, 0.2) is 0 Å². The standard InChI is InChI=1S/C15H18ClN3/c16-15-10-18-8-6-14(15)12-19(9-7-17)11-13-4-2-1-3-5-13/h1-6,8,10H,7,9,11-12,17H2. The molecule has 19 heavy (non-hydrogen) atoms. The summed E-state index contributed by atoms with van der Waals surface area (Å²) < 4.78 is 0. The largest absolute Gasteiger partial charge is 0.329 e. The number of aromatic nitrogens is 1. The van der Waals surface area contributed by atoms with Crippen LogP contribution in [0.5, 0.6) is 0 Å². The molecule has 2 aromatic rings.